The minimum atomic E-state index is -1.31. The van der Waals surface area contributed by atoms with Crippen molar-refractivity contribution in [2.45, 2.75) is 12.5 Å². The van der Waals surface area contributed by atoms with E-state index >= 15 is 0 Å². The third-order valence-corrected chi connectivity index (χ3v) is 3.40. The molecule has 96 valence electrons. The third kappa shape index (κ3) is 1.89. The number of carbonyl (C=O) groups is 1. The Morgan fingerprint density at radius 2 is 2.11 bits per heavy atom. The van der Waals surface area contributed by atoms with E-state index in [9.17, 15) is 10.0 Å². The zero-order valence-electron chi connectivity index (χ0n) is 9.74. The number of nitrogens with one attached hydrogen (secondary N) is 1. The summed E-state index contributed by atoms with van der Waals surface area (Å²) >= 11 is 11.9. The summed E-state index contributed by atoms with van der Waals surface area (Å²) in [4.78, 5) is 11.9. The molecule has 7 heteroatoms. The van der Waals surface area contributed by atoms with Crippen molar-refractivity contribution in [2.75, 3.05) is 7.05 Å². The normalized spacial score (nSPS) is 23.5. The Morgan fingerprint density at radius 1 is 1.44 bits per heavy atom. The van der Waals surface area contributed by atoms with Gasteiger partial charge in [-0.1, -0.05) is 29.3 Å². The van der Waals surface area contributed by atoms with Crippen LogP contribution in [0.5, 0.6) is 0 Å². The molecule has 1 aromatic carbocycles. The Labute approximate surface area is 114 Å². The van der Waals surface area contributed by atoms with Crippen molar-refractivity contribution < 1.29 is 10.0 Å². The molecule has 0 aliphatic carbocycles. The van der Waals surface area contributed by atoms with E-state index in [-0.39, 0.29) is 5.91 Å². The highest BCUT2D eigenvalue weighted by Crippen LogP contribution is 2.29. The van der Waals surface area contributed by atoms with Crippen LogP contribution in [0.15, 0.2) is 23.3 Å². The van der Waals surface area contributed by atoms with E-state index in [0.717, 1.165) is 5.01 Å². The predicted molar refractivity (Wildman–Crippen MR) is 69.1 cm³/mol. The number of hydrogen-bond donors (Lipinski definition) is 2. The van der Waals surface area contributed by atoms with Crippen molar-refractivity contribution in [3.63, 3.8) is 0 Å². The van der Waals surface area contributed by atoms with Crippen LogP contribution >= 0.6 is 23.2 Å². The van der Waals surface area contributed by atoms with Gasteiger partial charge in [-0.25, -0.2) is 5.01 Å². The molecule has 1 unspecified atom stereocenters. The molecule has 1 amide bonds. The van der Waals surface area contributed by atoms with Gasteiger partial charge < -0.3 is 5.21 Å². The number of amides is 1. The number of rotatable bonds is 2. The molecule has 0 saturated carbocycles. The molecule has 0 saturated heterocycles. The second kappa shape index (κ2) is 4.51. The van der Waals surface area contributed by atoms with Crippen molar-refractivity contribution in [3.8, 4) is 0 Å². The maximum Gasteiger partial charge on any atom is 0.270 e. The van der Waals surface area contributed by atoms with Gasteiger partial charge in [-0.15, -0.1) is 0 Å². The Bertz CT molecular complexity index is 547. The van der Waals surface area contributed by atoms with Crippen LogP contribution in [0.4, 0.5) is 0 Å². The van der Waals surface area contributed by atoms with E-state index in [1.54, 1.807) is 18.2 Å². The Hall–Kier alpha value is -1.14. The van der Waals surface area contributed by atoms with Crippen molar-refractivity contribution in [3.05, 3.63) is 33.8 Å². The molecular formula is C11H11Cl2N3O2. The first-order valence-corrected chi connectivity index (χ1v) is 5.89. The van der Waals surface area contributed by atoms with E-state index < -0.39 is 5.54 Å². The fourth-order valence-corrected chi connectivity index (χ4v) is 2.32. The molecule has 2 rings (SSSR count). The van der Waals surface area contributed by atoms with Crippen LogP contribution < -0.4 is 5.48 Å². The smallest absolute Gasteiger partial charge is 0.270 e. The average Bonchev–Trinajstić information content (AvgIpc) is 2.55. The Morgan fingerprint density at radius 3 is 2.67 bits per heavy atom. The number of nitrogens with zero attached hydrogens (tertiary/aromatic N) is 2. The summed E-state index contributed by atoms with van der Waals surface area (Å²) < 4.78 is 0. The third-order valence-electron chi connectivity index (χ3n) is 2.86. The number of halogens is 2. The molecule has 1 aromatic rings. The van der Waals surface area contributed by atoms with Crippen LogP contribution in [-0.4, -0.2) is 34.4 Å². The molecule has 1 aliphatic rings. The minimum Gasteiger partial charge on any atom is -0.315 e. The average molecular weight is 288 g/mol. The summed E-state index contributed by atoms with van der Waals surface area (Å²) in [7, 11) is 1.51. The zero-order chi connectivity index (χ0) is 13.5. The number of likely N-dealkylation sites (N-methyl/N-ethyl adjacent to an activating group) is 1. The summed E-state index contributed by atoms with van der Waals surface area (Å²) in [5.74, 6) is -0.369. The largest absolute Gasteiger partial charge is 0.315 e. The Balaban J connectivity index is 2.56. The van der Waals surface area contributed by atoms with Crippen molar-refractivity contribution in [1.29, 1.82) is 0 Å². The topological polar surface area (TPSA) is 64.9 Å². The number of hydrazone groups is 1. The lowest BCUT2D eigenvalue weighted by atomic mass is 9.91. The number of hydroxylamine groups is 1. The molecule has 2 N–H and O–H groups in total. The second-order valence-corrected chi connectivity index (χ2v) is 4.98. The van der Waals surface area contributed by atoms with E-state index in [2.05, 4.69) is 5.10 Å². The highest BCUT2D eigenvalue weighted by Gasteiger charge is 2.47. The molecule has 0 fully saturated rings. The van der Waals surface area contributed by atoms with Crippen LogP contribution in [0.2, 0.25) is 10.0 Å². The van der Waals surface area contributed by atoms with Gasteiger partial charge >= 0.3 is 0 Å². The second-order valence-electron chi connectivity index (χ2n) is 4.14. The fraction of sp³-hybridized carbons (Fsp3) is 0.273. The Kier molecular flexibility index (Phi) is 3.33. The van der Waals surface area contributed by atoms with Gasteiger partial charge in [-0.2, -0.15) is 10.6 Å². The molecule has 1 aliphatic heterocycles. The molecule has 5 nitrogen and oxygen atoms in total. The van der Waals surface area contributed by atoms with Crippen molar-refractivity contribution >= 4 is 34.8 Å². The molecule has 0 radical (unpaired) electrons. The molecular weight excluding hydrogens is 277 g/mol. The molecule has 0 aromatic heterocycles. The standard InChI is InChI=1S/C11H11Cl2N3O2/c1-11(15-18)9(14-16(2)10(11)17)7-4-3-6(12)5-8(7)13/h3-5,15,18H,1-2H3. The predicted octanol–water partition coefficient (Wildman–Crippen LogP) is 1.91. The molecule has 18 heavy (non-hydrogen) atoms. The van der Waals surface area contributed by atoms with Gasteiger partial charge in [0.2, 0.25) is 0 Å². The SMILES string of the molecule is CN1N=C(c2ccc(Cl)cc2Cl)C(C)(NO)C1=O. The van der Waals surface area contributed by atoms with Crippen LogP contribution in [0.3, 0.4) is 0 Å². The quantitative estimate of drug-likeness (QED) is 0.817. The monoisotopic (exact) mass is 287 g/mol. The number of carbonyl (C=O) groups excluding carboxylic acids is 1. The summed E-state index contributed by atoms with van der Waals surface area (Å²) in [5, 5.41) is 15.4. The summed E-state index contributed by atoms with van der Waals surface area (Å²) in [6.45, 7) is 1.53. The van der Waals surface area contributed by atoms with Crippen molar-refractivity contribution in [1.82, 2.24) is 10.5 Å². The van der Waals surface area contributed by atoms with Crippen LogP contribution in [0, 0.1) is 0 Å². The van der Waals surface area contributed by atoms with Crippen LogP contribution in [0.1, 0.15) is 12.5 Å². The summed E-state index contributed by atoms with van der Waals surface area (Å²) in [5.41, 5.74) is 1.57. The lowest BCUT2D eigenvalue weighted by molar-refractivity contribution is -0.134. The number of benzene rings is 1. The zero-order valence-corrected chi connectivity index (χ0v) is 11.2. The summed E-state index contributed by atoms with van der Waals surface area (Å²) in [6, 6.07) is 4.86. The highest BCUT2D eigenvalue weighted by atomic mass is 35.5. The molecule has 1 heterocycles. The van der Waals surface area contributed by atoms with Gasteiger partial charge in [0, 0.05) is 17.6 Å². The maximum atomic E-state index is 11.9. The number of hydrogen-bond acceptors (Lipinski definition) is 4. The molecule has 0 bridgehead atoms. The molecule has 0 spiro atoms. The molecule has 1 atom stereocenters. The first-order chi connectivity index (χ1) is 8.40. The van der Waals surface area contributed by atoms with E-state index in [0.29, 0.717) is 21.3 Å². The lowest BCUT2D eigenvalue weighted by Crippen LogP contribution is -2.53. The van der Waals surface area contributed by atoms with Gasteiger partial charge in [0.25, 0.3) is 5.91 Å². The van der Waals surface area contributed by atoms with E-state index in [4.69, 9.17) is 23.2 Å². The van der Waals surface area contributed by atoms with Crippen molar-refractivity contribution in [2.24, 2.45) is 5.10 Å². The van der Waals surface area contributed by atoms with Gasteiger partial charge in [-0.3, -0.25) is 4.79 Å². The first kappa shape index (κ1) is 13.3. The van der Waals surface area contributed by atoms with Gasteiger partial charge in [0.15, 0.2) is 5.54 Å². The highest BCUT2D eigenvalue weighted by molar-refractivity contribution is 6.38. The van der Waals surface area contributed by atoms with E-state index in [1.165, 1.54) is 14.0 Å². The van der Waals surface area contributed by atoms with E-state index in [1.807, 2.05) is 5.48 Å². The van der Waals surface area contributed by atoms with Gasteiger partial charge in [0.05, 0.1) is 5.02 Å². The van der Waals surface area contributed by atoms with Gasteiger partial charge in [0.1, 0.15) is 5.71 Å². The first-order valence-electron chi connectivity index (χ1n) is 5.14. The van der Waals surface area contributed by atoms with Gasteiger partial charge in [-0.05, 0) is 19.1 Å². The fourth-order valence-electron chi connectivity index (χ4n) is 1.83. The van der Waals surface area contributed by atoms with Crippen LogP contribution in [-0.2, 0) is 4.79 Å². The lowest BCUT2D eigenvalue weighted by Gasteiger charge is -2.22. The van der Waals surface area contributed by atoms with Crippen LogP contribution in [0.25, 0.3) is 0 Å². The summed E-state index contributed by atoms with van der Waals surface area (Å²) in [6.07, 6.45) is 0. The maximum absolute atomic E-state index is 11.9. The minimum absolute atomic E-state index is 0.346.